The number of pyridine rings is 1. The Morgan fingerprint density at radius 2 is 1.94 bits per heavy atom. The third kappa shape index (κ3) is 6.21. The summed E-state index contributed by atoms with van der Waals surface area (Å²) in [4.78, 5) is 14.6. The van der Waals surface area contributed by atoms with E-state index in [0.717, 1.165) is 12.3 Å². The van der Waals surface area contributed by atoms with Crippen LogP contribution in [0.25, 0.3) is 5.82 Å². The number of nitrogens with zero attached hydrogens (tertiary/aromatic N) is 3. The molecule has 0 saturated heterocycles. The fourth-order valence-corrected chi connectivity index (χ4v) is 3.04. The summed E-state index contributed by atoms with van der Waals surface area (Å²) in [5, 5.41) is 13.1. The highest BCUT2D eigenvalue weighted by molar-refractivity contribution is 5.70. The first-order valence-corrected chi connectivity index (χ1v) is 10.1. The van der Waals surface area contributed by atoms with Crippen molar-refractivity contribution in [2.45, 2.75) is 32.4 Å². The van der Waals surface area contributed by atoms with Gasteiger partial charge in [-0.15, -0.1) is 5.10 Å². The van der Waals surface area contributed by atoms with Gasteiger partial charge in [-0.05, 0) is 38.0 Å². The van der Waals surface area contributed by atoms with Crippen molar-refractivity contribution < 1.29 is 36.9 Å². The fraction of sp³-hybridized carbons (Fsp3) is 0.318. The van der Waals surface area contributed by atoms with Gasteiger partial charge >= 0.3 is 12.1 Å². The molecule has 0 aliphatic rings. The van der Waals surface area contributed by atoms with E-state index in [1.165, 1.54) is 28.9 Å². The maximum Gasteiger partial charge on any atom is 0.417 e. The Kier molecular flexibility index (Phi) is 7.52. The average Bonchev–Trinajstić information content (AvgIpc) is 3.16. The van der Waals surface area contributed by atoms with Crippen molar-refractivity contribution in [1.82, 2.24) is 14.8 Å². The molecule has 1 N–H and O–H groups in total. The Morgan fingerprint density at radius 1 is 1.15 bits per heavy atom. The Labute approximate surface area is 186 Å². The molecule has 176 valence electrons. The number of carbonyl (C=O) groups is 1. The summed E-state index contributed by atoms with van der Waals surface area (Å²) in [6.45, 7) is 2.25. The molecule has 7 nitrogen and oxygen atoms in total. The molecule has 0 aliphatic carbocycles. The molecule has 3 aromatic rings. The molecule has 0 unspecified atom stereocenters. The maximum absolute atomic E-state index is 14.3. The van der Waals surface area contributed by atoms with E-state index in [-0.39, 0.29) is 23.7 Å². The van der Waals surface area contributed by atoms with E-state index >= 15 is 0 Å². The lowest BCUT2D eigenvalue weighted by atomic mass is 10.1. The highest BCUT2D eigenvalue weighted by Crippen LogP contribution is 2.29. The lowest BCUT2D eigenvalue weighted by molar-refractivity contribution is -0.138. The van der Waals surface area contributed by atoms with Gasteiger partial charge in [-0.1, -0.05) is 12.1 Å². The van der Waals surface area contributed by atoms with Gasteiger partial charge in [-0.3, -0.25) is 4.79 Å². The van der Waals surface area contributed by atoms with Gasteiger partial charge < -0.3 is 14.6 Å². The highest BCUT2D eigenvalue weighted by Gasteiger charge is 2.30. The van der Waals surface area contributed by atoms with E-state index in [1.54, 1.807) is 13.1 Å². The van der Waals surface area contributed by atoms with E-state index in [1.807, 2.05) is 0 Å². The van der Waals surface area contributed by atoms with Crippen LogP contribution in [0.4, 0.5) is 17.6 Å². The number of hydrogen-bond acceptors (Lipinski definition) is 5. The monoisotopic (exact) mass is 467 g/mol. The molecule has 0 bridgehead atoms. The van der Waals surface area contributed by atoms with E-state index in [2.05, 4.69) is 10.1 Å². The predicted molar refractivity (Wildman–Crippen MR) is 109 cm³/mol. The van der Waals surface area contributed by atoms with E-state index in [4.69, 9.17) is 14.6 Å². The van der Waals surface area contributed by atoms with Crippen LogP contribution in [0.1, 0.15) is 30.0 Å². The largest absolute Gasteiger partial charge is 0.490 e. The first kappa shape index (κ1) is 24.0. The van der Waals surface area contributed by atoms with Crippen LogP contribution < -0.4 is 9.47 Å². The molecule has 3 rings (SSSR count). The molecule has 1 aromatic carbocycles. The van der Waals surface area contributed by atoms with E-state index < -0.39 is 29.9 Å². The molecular formula is C22H21F4N3O4. The molecule has 33 heavy (non-hydrogen) atoms. The second-order valence-electron chi connectivity index (χ2n) is 6.99. The Hall–Kier alpha value is -3.63. The fourth-order valence-electron chi connectivity index (χ4n) is 3.04. The number of aromatic nitrogens is 3. The van der Waals surface area contributed by atoms with Crippen LogP contribution in [0.3, 0.4) is 0 Å². The second-order valence-corrected chi connectivity index (χ2v) is 6.99. The van der Waals surface area contributed by atoms with Crippen molar-refractivity contribution in [3.8, 4) is 17.4 Å². The van der Waals surface area contributed by atoms with Crippen LogP contribution in [-0.2, 0) is 23.8 Å². The predicted octanol–water partition coefficient (Wildman–Crippen LogP) is 4.46. The van der Waals surface area contributed by atoms with Crippen LogP contribution in [0.2, 0.25) is 0 Å². The minimum Gasteiger partial charge on any atom is -0.490 e. The molecule has 0 aliphatic heterocycles. The molecule has 2 heterocycles. The number of ether oxygens (including phenoxy) is 2. The first-order chi connectivity index (χ1) is 15.7. The molecule has 2 aromatic heterocycles. The van der Waals surface area contributed by atoms with Crippen LogP contribution in [0, 0.1) is 5.82 Å². The van der Waals surface area contributed by atoms with Crippen LogP contribution in [0.15, 0.2) is 42.7 Å². The normalized spacial score (nSPS) is 11.4. The third-order valence-corrected chi connectivity index (χ3v) is 4.58. The zero-order valence-electron chi connectivity index (χ0n) is 17.6. The van der Waals surface area contributed by atoms with Crippen LogP contribution in [-0.4, -0.2) is 39.1 Å². The summed E-state index contributed by atoms with van der Waals surface area (Å²) in [5.74, 6) is -1.38. The highest BCUT2D eigenvalue weighted by atomic mass is 19.4. The lowest BCUT2D eigenvalue weighted by Gasteiger charge is -2.09. The molecule has 0 amide bonds. The molecule has 0 radical (unpaired) electrons. The van der Waals surface area contributed by atoms with Gasteiger partial charge in [0.25, 0.3) is 0 Å². The summed E-state index contributed by atoms with van der Waals surface area (Å²) < 4.78 is 64.9. The number of carboxylic acid groups (broad SMARTS) is 1. The lowest BCUT2D eigenvalue weighted by Crippen LogP contribution is -2.07. The van der Waals surface area contributed by atoms with Gasteiger partial charge in [-0.25, -0.2) is 14.1 Å². The summed E-state index contributed by atoms with van der Waals surface area (Å²) in [7, 11) is 0. The van der Waals surface area contributed by atoms with Gasteiger partial charge in [0.2, 0.25) is 5.88 Å². The number of aryl methyl sites for hydroxylation is 1. The Balaban J connectivity index is 1.65. The molecule has 11 heteroatoms. The Bertz CT molecular complexity index is 1100. The number of halogens is 4. The summed E-state index contributed by atoms with van der Waals surface area (Å²) in [6.07, 6.45) is -1.70. The van der Waals surface area contributed by atoms with Gasteiger partial charge in [0.15, 0.2) is 17.4 Å². The number of hydrogen-bond donors (Lipinski definition) is 1. The summed E-state index contributed by atoms with van der Waals surface area (Å²) in [6, 6.07) is 6.45. The first-order valence-electron chi connectivity index (χ1n) is 10.1. The zero-order valence-corrected chi connectivity index (χ0v) is 17.6. The molecule has 0 atom stereocenters. The number of alkyl halides is 3. The smallest absolute Gasteiger partial charge is 0.417 e. The van der Waals surface area contributed by atoms with E-state index in [9.17, 15) is 22.4 Å². The topological polar surface area (TPSA) is 86.5 Å². The quantitative estimate of drug-likeness (QED) is 0.350. The number of aliphatic carboxylic acids is 1. The van der Waals surface area contributed by atoms with Crippen LogP contribution >= 0.6 is 0 Å². The van der Waals surface area contributed by atoms with Crippen molar-refractivity contribution in [3.05, 3.63) is 65.2 Å². The summed E-state index contributed by atoms with van der Waals surface area (Å²) >= 11 is 0. The van der Waals surface area contributed by atoms with E-state index in [0.29, 0.717) is 30.9 Å². The van der Waals surface area contributed by atoms with Gasteiger partial charge in [0.1, 0.15) is 0 Å². The maximum atomic E-state index is 14.3. The molecular weight excluding hydrogens is 446 g/mol. The Morgan fingerprint density at radius 3 is 2.58 bits per heavy atom. The standard InChI is InChI=1S/C22H21F4N3O4/c1-2-32-21-15(13-29(28-21)18-9-8-16(12-27-18)22(24,25)26)6-4-10-33-17-7-3-5-14(20(17)23)11-19(30)31/h3,5,7-9,12-13H,2,4,6,10-11H2,1H3,(H,30,31). The van der Waals surface area contributed by atoms with Crippen molar-refractivity contribution in [3.63, 3.8) is 0 Å². The molecule has 0 spiro atoms. The van der Waals surface area contributed by atoms with Gasteiger partial charge in [0.05, 0.1) is 25.2 Å². The van der Waals surface area contributed by atoms with Crippen molar-refractivity contribution in [1.29, 1.82) is 0 Å². The van der Waals surface area contributed by atoms with Crippen molar-refractivity contribution in [2.75, 3.05) is 13.2 Å². The number of carboxylic acids is 1. The van der Waals surface area contributed by atoms with Crippen molar-refractivity contribution in [2.24, 2.45) is 0 Å². The van der Waals surface area contributed by atoms with Gasteiger partial charge in [-0.2, -0.15) is 13.2 Å². The summed E-state index contributed by atoms with van der Waals surface area (Å²) in [5.41, 5.74) is -0.147. The van der Waals surface area contributed by atoms with Gasteiger partial charge in [0, 0.05) is 23.5 Å². The minimum atomic E-state index is -4.48. The van der Waals surface area contributed by atoms with Crippen LogP contribution in [0.5, 0.6) is 11.6 Å². The van der Waals surface area contributed by atoms with Crippen molar-refractivity contribution >= 4 is 5.97 Å². The third-order valence-electron chi connectivity index (χ3n) is 4.58. The minimum absolute atomic E-state index is 0.0314. The second kappa shape index (κ2) is 10.3. The number of benzene rings is 1. The number of rotatable bonds is 10. The molecule has 0 saturated carbocycles. The molecule has 0 fully saturated rings. The average molecular weight is 467 g/mol. The zero-order chi connectivity index (χ0) is 24.0. The SMILES string of the molecule is CCOc1nn(-c2ccc(C(F)(F)F)cn2)cc1CCCOc1cccc(CC(=O)O)c1F.